The fourth-order valence-electron chi connectivity index (χ4n) is 2.12. The Morgan fingerprint density at radius 1 is 1.09 bits per heavy atom. The lowest BCUT2D eigenvalue weighted by atomic mass is 10.1. The van der Waals surface area contributed by atoms with Crippen molar-refractivity contribution in [3.63, 3.8) is 0 Å². The van der Waals surface area contributed by atoms with Gasteiger partial charge in [0.2, 0.25) is 10.0 Å². The molecule has 23 heavy (non-hydrogen) atoms. The van der Waals surface area contributed by atoms with Gasteiger partial charge in [-0.15, -0.1) is 0 Å². The first kappa shape index (κ1) is 18.1. The molecule has 0 saturated carbocycles. The molecule has 0 bridgehead atoms. The molecule has 124 valence electrons. The van der Waals surface area contributed by atoms with Crippen LogP contribution < -0.4 is 10.0 Å². The third-order valence-electron chi connectivity index (χ3n) is 3.34. The summed E-state index contributed by atoms with van der Waals surface area (Å²) in [5.41, 5.74) is 2.52. The molecule has 2 aromatic carbocycles. The Morgan fingerprint density at radius 3 is 2.35 bits per heavy atom. The van der Waals surface area contributed by atoms with Crippen molar-refractivity contribution in [3.8, 4) is 0 Å². The van der Waals surface area contributed by atoms with Gasteiger partial charge < -0.3 is 5.32 Å². The Morgan fingerprint density at radius 2 is 1.74 bits per heavy atom. The van der Waals surface area contributed by atoms with E-state index >= 15 is 0 Å². The minimum atomic E-state index is -3.26. The van der Waals surface area contributed by atoms with Crippen molar-refractivity contribution >= 4 is 38.9 Å². The summed E-state index contributed by atoms with van der Waals surface area (Å²) in [6, 6.07) is 12.9. The summed E-state index contributed by atoms with van der Waals surface area (Å²) in [6.07, 6.45) is 1.12. The molecular formula is C16H18Cl2N2O2S. The van der Waals surface area contributed by atoms with Crippen molar-refractivity contribution in [3.05, 3.63) is 63.6 Å². The van der Waals surface area contributed by atoms with Crippen LogP contribution in [0.25, 0.3) is 0 Å². The Kier molecular flexibility index (Phi) is 5.92. The quantitative estimate of drug-likeness (QED) is 0.797. The zero-order valence-corrected chi connectivity index (χ0v) is 15.1. The lowest BCUT2D eigenvalue weighted by Gasteiger charge is -2.16. The summed E-state index contributed by atoms with van der Waals surface area (Å²) in [6.45, 7) is 2.61. The van der Waals surface area contributed by atoms with Crippen LogP contribution in [0.3, 0.4) is 0 Å². The molecule has 2 rings (SSSR count). The molecule has 0 fully saturated rings. The molecule has 0 heterocycles. The number of benzene rings is 2. The van der Waals surface area contributed by atoms with E-state index in [0.717, 1.165) is 17.4 Å². The van der Waals surface area contributed by atoms with E-state index in [2.05, 4.69) is 10.0 Å². The zero-order valence-electron chi connectivity index (χ0n) is 12.8. The maximum absolute atomic E-state index is 11.2. The molecule has 1 unspecified atom stereocenters. The molecule has 0 aliphatic rings. The van der Waals surface area contributed by atoms with Gasteiger partial charge in [-0.1, -0.05) is 47.5 Å². The molecular weight excluding hydrogens is 355 g/mol. The maximum Gasteiger partial charge on any atom is 0.229 e. The van der Waals surface area contributed by atoms with Gasteiger partial charge in [-0.05, 0) is 36.2 Å². The molecule has 0 aliphatic carbocycles. The fourth-order valence-corrected chi connectivity index (χ4v) is 3.07. The van der Waals surface area contributed by atoms with Gasteiger partial charge in [0.25, 0.3) is 0 Å². The number of anilines is 1. The van der Waals surface area contributed by atoms with Crippen LogP contribution in [-0.4, -0.2) is 14.7 Å². The summed E-state index contributed by atoms with van der Waals surface area (Å²) < 4.78 is 24.8. The molecule has 0 spiro atoms. The third kappa shape index (κ3) is 5.39. The number of halogens is 2. The summed E-state index contributed by atoms with van der Waals surface area (Å²) in [4.78, 5) is 0. The number of rotatable bonds is 6. The second kappa shape index (κ2) is 7.53. The topological polar surface area (TPSA) is 58.2 Å². The van der Waals surface area contributed by atoms with E-state index in [1.165, 1.54) is 0 Å². The van der Waals surface area contributed by atoms with Crippen LogP contribution in [0.15, 0.2) is 42.5 Å². The van der Waals surface area contributed by atoms with Gasteiger partial charge in [-0.25, -0.2) is 8.42 Å². The molecule has 7 heteroatoms. The Hall–Kier alpha value is -1.27. The number of sulfonamides is 1. The van der Waals surface area contributed by atoms with E-state index in [0.29, 0.717) is 22.3 Å². The standard InChI is InChI=1S/C16H18Cl2N2O2S/c1-11(19-10-13-4-3-5-15(17)16(13)18)12-6-8-14(9-7-12)20-23(2,21)22/h3-9,11,19-20H,10H2,1-2H3. The normalized spacial score (nSPS) is 12.9. The molecule has 2 N–H and O–H groups in total. The van der Waals surface area contributed by atoms with E-state index in [1.807, 2.05) is 31.2 Å². The van der Waals surface area contributed by atoms with Crippen LogP contribution in [0.2, 0.25) is 10.0 Å². The predicted octanol–water partition coefficient (Wildman–Crippen LogP) is 4.22. The Bertz CT molecular complexity index is 777. The Balaban J connectivity index is 2.00. The molecule has 0 amide bonds. The van der Waals surface area contributed by atoms with Crippen LogP contribution in [-0.2, 0) is 16.6 Å². The lowest BCUT2D eigenvalue weighted by molar-refractivity contribution is 0.575. The second-order valence-corrected chi connectivity index (χ2v) is 7.85. The molecule has 2 aromatic rings. The predicted molar refractivity (Wildman–Crippen MR) is 96.6 cm³/mol. The van der Waals surface area contributed by atoms with Gasteiger partial charge in [0.05, 0.1) is 16.3 Å². The molecule has 0 radical (unpaired) electrons. The van der Waals surface area contributed by atoms with Gasteiger partial charge >= 0.3 is 0 Å². The third-order valence-corrected chi connectivity index (χ3v) is 4.81. The molecule has 1 atom stereocenters. The first-order valence-electron chi connectivity index (χ1n) is 7.00. The van der Waals surface area contributed by atoms with Crippen LogP contribution in [0.4, 0.5) is 5.69 Å². The summed E-state index contributed by atoms with van der Waals surface area (Å²) in [7, 11) is -3.26. The van der Waals surface area contributed by atoms with E-state index in [1.54, 1.807) is 18.2 Å². The number of nitrogens with one attached hydrogen (secondary N) is 2. The van der Waals surface area contributed by atoms with Gasteiger partial charge in [-0.3, -0.25) is 4.72 Å². The monoisotopic (exact) mass is 372 g/mol. The average molecular weight is 373 g/mol. The highest BCUT2D eigenvalue weighted by atomic mass is 35.5. The zero-order chi connectivity index (χ0) is 17.0. The van der Waals surface area contributed by atoms with E-state index in [-0.39, 0.29) is 6.04 Å². The summed E-state index contributed by atoms with van der Waals surface area (Å²) >= 11 is 12.2. The van der Waals surface area contributed by atoms with Crippen molar-refractivity contribution in [2.75, 3.05) is 11.0 Å². The SMILES string of the molecule is CC(NCc1cccc(Cl)c1Cl)c1ccc(NS(C)(=O)=O)cc1. The highest BCUT2D eigenvalue weighted by Crippen LogP contribution is 2.26. The molecule has 0 aliphatic heterocycles. The lowest BCUT2D eigenvalue weighted by Crippen LogP contribution is -2.18. The van der Waals surface area contributed by atoms with E-state index in [9.17, 15) is 8.42 Å². The number of hydrogen-bond donors (Lipinski definition) is 2. The van der Waals surface area contributed by atoms with Gasteiger partial charge in [-0.2, -0.15) is 0 Å². The minimum absolute atomic E-state index is 0.0809. The molecule has 0 saturated heterocycles. The minimum Gasteiger partial charge on any atom is -0.306 e. The molecule has 4 nitrogen and oxygen atoms in total. The van der Waals surface area contributed by atoms with Crippen LogP contribution in [0.5, 0.6) is 0 Å². The molecule has 0 aromatic heterocycles. The largest absolute Gasteiger partial charge is 0.306 e. The summed E-state index contributed by atoms with van der Waals surface area (Å²) in [5.74, 6) is 0. The van der Waals surface area contributed by atoms with Gasteiger partial charge in [0, 0.05) is 18.3 Å². The highest BCUT2D eigenvalue weighted by Gasteiger charge is 2.09. The first-order valence-corrected chi connectivity index (χ1v) is 9.65. The maximum atomic E-state index is 11.2. The van der Waals surface area contributed by atoms with E-state index in [4.69, 9.17) is 23.2 Å². The fraction of sp³-hybridized carbons (Fsp3) is 0.250. The second-order valence-electron chi connectivity index (χ2n) is 5.31. The van der Waals surface area contributed by atoms with Crippen molar-refractivity contribution < 1.29 is 8.42 Å². The average Bonchev–Trinajstić information content (AvgIpc) is 2.47. The van der Waals surface area contributed by atoms with Crippen molar-refractivity contribution in [2.24, 2.45) is 0 Å². The number of hydrogen-bond acceptors (Lipinski definition) is 3. The van der Waals surface area contributed by atoms with Crippen molar-refractivity contribution in [1.82, 2.24) is 5.32 Å². The Labute approximate surface area is 146 Å². The van der Waals surface area contributed by atoms with Crippen LogP contribution in [0, 0.1) is 0 Å². The van der Waals surface area contributed by atoms with Crippen LogP contribution in [0.1, 0.15) is 24.1 Å². The van der Waals surface area contributed by atoms with Crippen molar-refractivity contribution in [1.29, 1.82) is 0 Å². The van der Waals surface area contributed by atoms with Crippen molar-refractivity contribution in [2.45, 2.75) is 19.5 Å². The summed E-state index contributed by atoms with van der Waals surface area (Å²) in [5, 5.41) is 4.46. The van der Waals surface area contributed by atoms with Gasteiger partial charge in [0.15, 0.2) is 0 Å². The highest BCUT2D eigenvalue weighted by molar-refractivity contribution is 7.92. The smallest absolute Gasteiger partial charge is 0.229 e. The van der Waals surface area contributed by atoms with Crippen LogP contribution >= 0.6 is 23.2 Å². The van der Waals surface area contributed by atoms with Gasteiger partial charge in [0.1, 0.15) is 0 Å². The first-order chi connectivity index (χ1) is 10.8. The van der Waals surface area contributed by atoms with E-state index < -0.39 is 10.0 Å².